The molecule has 1 atom stereocenters. The summed E-state index contributed by atoms with van der Waals surface area (Å²) in [6, 6.07) is 5.64. The van der Waals surface area contributed by atoms with E-state index in [2.05, 4.69) is 28.2 Å². The topological polar surface area (TPSA) is 29.1 Å². The number of halogens is 2. The molecule has 0 aromatic heterocycles. The van der Waals surface area contributed by atoms with Crippen LogP contribution in [0.4, 0.5) is 0 Å². The van der Waals surface area contributed by atoms with Gasteiger partial charge in [-0.2, -0.15) is 0 Å². The van der Waals surface area contributed by atoms with Crippen molar-refractivity contribution in [3.8, 4) is 0 Å². The minimum atomic E-state index is -0.0793. The number of amides is 1. The van der Waals surface area contributed by atoms with E-state index in [9.17, 15) is 4.79 Å². The Hall–Kier alpha value is -0.540. The Morgan fingerprint density at radius 3 is 2.74 bits per heavy atom. The molecule has 1 fully saturated rings. The van der Waals surface area contributed by atoms with Crippen LogP contribution in [-0.2, 0) is 0 Å². The Labute approximate surface area is 128 Å². The summed E-state index contributed by atoms with van der Waals surface area (Å²) in [6.45, 7) is 2.10. The maximum Gasteiger partial charge on any atom is 0.253 e. The Kier molecular flexibility index (Phi) is 5.28. The first-order valence-electron chi connectivity index (χ1n) is 6.84. The lowest BCUT2D eigenvalue weighted by molar-refractivity contribution is 0.0919. The molecule has 1 N–H and O–H groups in total. The van der Waals surface area contributed by atoms with Gasteiger partial charge in [0.1, 0.15) is 0 Å². The molecule has 0 saturated heterocycles. The highest BCUT2D eigenvalue weighted by Gasteiger charge is 2.22. The number of nitrogens with one attached hydrogen (secondary N) is 1. The molecule has 19 heavy (non-hydrogen) atoms. The molecule has 0 spiro atoms. The molecular weight excluding hydrogens is 326 g/mol. The number of benzene rings is 1. The molecule has 0 aliphatic heterocycles. The first-order chi connectivity index (χ1) is 9.09. The van der Waals surface area contributed by atoms with E-state index in [-0.39, 0.29) is 11.9 Å². The van der Waals surface area contributed by atoms with Crippen LogP contribution < -0.4 is 5.32 Å². The maximum atomic E-state index is 12.3. The van der Waals surface area contributed by atoms with Crippen molar-refractivity contribution in [3.63, 3.8) is 0 Å². The zero-order valence-electron chi connectivity index (χ0n) is 11.1. The van der Waals surface area contributed by atoms with Crippen LogP contribution in [0.2, 0.25) is 5.02 Å². The molecule has 4 heteroatoms. The number of hydrogen-bond acceptors (Lipinski definition) is 1. The molecule has 0 radical (unpaired) electrons. The lowest BCUT2D eigenvalue weighted by Gasteiger charge is -2.28. The van der Waals surface area contributed by atoms with E-state index in [0.29, 0.717) is 16.5 Å². The molecule has 2 rings (SSSR count). The van der Waals surface area contributed by atoms with Crippen LogP contribution in [-0.4, -0.2) is 11.9 Å². The quantitative estimate of drug-likeness (QED) is 0.838. The van der Waals surface area contributed by atoms with E-state index >= 15 is 0 Å². The highest BCUT2D eigenvalue weighted by Crippen LogP contribution is 2.28. The fourth-order valence-electron chi connectivity index (χ4n) is 2.72. The number of carbonyl (C=O) groups is 1. The van der Waals surface area contributed by atoms with Gasteiger partial charge in [-0.15, -0.1) is 0 Å². The van der Waals surface area contributed by atoms with Crippen molar-refractivity contribution in [2.75, 3.05) is 0 Å². The Bertz CT molecular complexity index is 457. The van der Waals surface area contributed by atoms with E-state index in [1.165, 1.54) is 32.1 Å². The monoisotopic (exact) mass is 343 g/mol. The summed E-state index contributed by atoms with van der Waals surface area (Å²) in [5, 5.41) is 3.57. The van der Waals surface area contributed by atoms with Gasteiger partial charge in [0.2, 0.25) is 0 Å². The van der Waals surface area contributed by atoms with Gasteiger partial charge in [-0.25, -0.2) is 0 Å². The van der Waals surface area contributed by atoms with Gasteiger partial charge in [0.05, 0.1) is 10.6 Å². The van der Waals surface area contributed by atoms with Gasteiger partial charge < -0.3 is 5.32 Å². The largest absolute Gasteiger partial charge is 0.349 e. The first-order valence-corrected chi connectivity index (χ1v) is 8.01. The summed E-state index contributed by atoms with van der Waals surface area (Å²) < 4.78 is 0.757. The van der Waals surface area contributed by atoms with E-state index in [0.717, 1.165) is 4.47 Å². The van der Waals surface area contributed by atoms with Gasteiger partial charge in [0, 0.05) is 10.5 Å². The van der Waals surface area contributed by atoms with Crippen LogP contribution in [0.25, 0.3) is 0 Å². The van der Waals surface area contributed by atoms with Crippen molar-refractivity contribution in [2.45, 2.75) is 45.1 Å². The second-order valence-electron chi connectivity index (χ2n) is 5.26. The third-order valence-corrected chi connectivity index (χ3v) is 5.21. The highest BCUT2D eigenvalue weighted by molar-refractivity contribution is 9.10. The van der Waals surface area contributed by atoms with Crippen molar-refractivity contribution in [3.05, 3.63) is 33.3 Å². The maximum absolute atomic E-state index is 12.3. The minimum absolute atomic E-state index is 0.0793. The Balaban J connectivity index is 2.02. The average Bonchev–Trinajstić information content (AvgIpc) is 2.42. The summed E-state index contributed by atoms with van der Waals surface area (Å²) >= 11 is 9.49. The Morgan fingerprint density at radius 1 is 1.37 bits per heavy atom. The predicted molar refractivity (Wildman–Crippen MR) is 82.7 cm³/mol. The molecule has 1 unspecified atom stereocenters. The van der Waals surface area contributed by atoms with E-state index < -0.39 is 0 Å². The molecule has 0 heterocycles. The second-order valence-corrected chi connectivity index (χ2v) is 6.49. The van der Waals surface area contributed by atoms with Gasteiger partial charge in [-0.1, -0.05) is 36.9 Å². The lowest BCUT2D eigenvalue weighted by atomic mass is 9.84. The standard InChI is InChI=1S/C15H19BrClNO/c1-10(11-6-3-2-4-7-11)18-15(19)12-8-5-9-13(16)14(12)17/h5,8-11H,2-4,6-7H2,1H3,(H,18,19). The van der Waals surface area contributed by atoms with Crippen LogP contribution in [0.3, 0.4) is 0 Å². The van der Waals surface area contributed by atoms with Crippen molar-refractivity contribution in [1.29, 1.82) is 0 Å². The fraction of sp³-hybridized carbons (Fsp3) is 0.533. The van der Waals surface area contributed by atoms with Gasteiger partial charge in [-0.3, -0.25) is 4.79 Å². The van der Waals surface area contributed by atoms with Gasteiger partial charge >= 0.3 is 0 Å². The molecule has 1 amide bonds. The molecule has 1 aliphatic carbocycles. The molecule has 2 nitrogen and oxygen atoms in total. The summed E-state index contributed by atoms with van der Waals surface area (Å²) in [5.41, 5.74) is 0.540. The fourth-order valence-corrected chi connectivity index (χ4v) is 3.29. The number of hydrogen-bond donors (Lipinski definition) is 1. The van der Waals surface area contributed by atoms with Crippen LogP contribution in [0.5, 0.6) is 0 Å². The van der Waals surface area contributed by atoms with E-state index in [4.69, 9.17) is 11.6 Å². The van der Waals surface area contributed by atoms with Crippen LogP contribution in [0.1, 0.15) is 49.4 Å². The van der Waals surface area contributed by atoms with Gasteiger partial charge in [0.15, 0.2) is 0 Å². The van der Waals surface area contributed by atoms with Crippen LogP contribution in [0, 0.1) is 5.92 Å². The van der Waals surface area contributed by atoms with E-state index in [1.54, 1.807) is 6.07 Å². The third-order valence-electron chi connectivity index (χ3n) is 3.91. The molecule has 1 aromatic carbocycles. The number of rotatable bonds is 3. The van der Waals surface area contributed by atoms with Crippen LogP contribution >= 0.6 is 27.5 Å². The van der Waals surface area contributed by atoms with Crippen molar-refractivity contribution < 1.29 is 4.79 Å². The molecule has 1 aliphatic rings. The summed E-state index contributed by atoms with van der Waals surface area (Å²) in [7, 11) is 0. The lowest BCUT2D eigenvalue weighted by Crippen LogP contribution is -2.39. The average molecular weight is 345 g/mol. The zero-order valence-corrected chi connectivity index (χ0v) is 13.4. The molecule has 0 bridgehead atoms. The van der Waals surface area contributed by atoms with Crippen molar-refractivity contribution in [1.82, 2.24) is 5.32 Å². The third kappa shape index (κ3) is 3.73. The predicted octanol–water partition coefficient (Wildman–Crippen LogP) is 4.80. The SMILES string of the molecule is CC(NC(=O)c1cccc(Br)c1Cl)C1CCCCC1. The Morgan fingerprint density at radius 2 is 2.05 bits per heavy atom. The normalized spacial score (nSPS) is 18.1. The van der Waals surface area contributed by atoms with Gasteiger partial charge in [0.25, 0.3) is 5.91 Å². The molecular formula is C15H19BrClNO. The summed E-state index contributed by atoms with van der Waals surface area (Å²) in [6.07, 6.45) is 6.32. The molecule has 1 saturated carbocycles. The van der Waals surface area contributed by atoms with Gasteiger partial charge in [-0.05, 0) is 53.7 Å². The highest BCUT2D eigenvalue weighted by atomic mass is 79.9. The number of carbonyl (C=O) groups excluding carboxylic acids is 1. The summed E-state index contributed by atoms with van der Waals surface area (Å²) in [4.78, 5) is 12.3. The zero-order chi connectivity index (χ0) is 13.8. The molecule has 104 valence electrons. The first kappa shape index (κ1) is 14.9. The molecule has 1 aromatic rings. The second kappa shape index (κ2) is 6.76. The van der Waals surface area contributed by atoms with E-state index in [1.807, 2.05) is 12.1 Å². The smallest absolute Gasteiger partial charge is 0.253 e. The summed E-state index contributed by atoms with van der Waals surface area (Å²) in [5.74, 6) is 0.521. The van der Waals surface area contributed by atoms with Crippen molar-refractivity contribution in [2.24, 2.45) is 5.92 Å². The minimum Gasteiger partial charge on any atom is -0.349 e. The van der Waals surface area contributed by atoms with Crippen LogP contribution in [0.15, 0.2) is 22.7 Å². The van der Waals surface area contributed by atoms with Crippen molar-refractivity contribution >= 4 is 33.4 Å².